The third kappa shape index (κ3) is 2.77. The summed E-state index contributed by atoms with van der Waals surface area (Å²) in [5, 5.41) is 1.21. The Balaban J connectivity index is 1.60. The number of carbonyl (C=O) groups excluding carboxylic acids is 1. The highest BCUT2D eigenvalue weighted by molar-refractivity contribution is 5.95. The molecule has 0 N–H and O–H groups in total. The van der Waals surface area contributed by atoms with Gasteiger partial charge in [-0.1, -0.05) is 18.2 Å². The van der Waals surface area contributed by atoms with Crippen LogP contribution in [0, 0.1) is 11.6 Å². The summed E-state index contributed by atoms with van der Waals surface area (Å²) in [5.74, 6) is -1.63. The average molecular weight is 354 g/mol. The first-order valence-corrected chi connectivity index (χ1v) is 8.90. The number of likely N-dealkylation sites (tertiary alicyclic amines) is 1. The van der Waals surface area contributed by atoms with E-state index < -0.39 is 11.6 Å². The second-order valence-corrected chi connectivity index (χ2v) is 6.75. The molecule has 0 bridgehead atoms. The van der Waals surface area contributed by atoms with Gasteiger partial charge in [-0.2, -0.15) is 0 Å². The van der Waals surface area contributed by atoms with E-state index >= 15 is 0 Å². The molecule has 0 aliphatic carbocycles. The number of benzene rings is 2. The number of fused-ring (bicyclic) bond motifs is 1. The van der Waals surface area contributed by atoms with Crippen molar-refractivity contribution in [3.05, 3.63) is 71.4 Å². The monoisotopic (exact) mass is 354 g/mol. The normalized spacial score (nSPS) is 17.2. The Labute approximate surface area is 150 Å². The Morgan fingerprint density at radius 1 is 1.19 bits per heavy atom. The highest BCUT2D eigenvalue weighted by Gasteiger charge is 2.31. The zero-order chi connectivity index (χ0) is 18.3. The van der Waals surface area contributed by atoms with Crippen LogP contribution < -0.4 is 0 Å². The van der Waals surface area contributed by atoms with E-state index in [0.29, 0.717) is 13.1 Å². The van der Waals surface area contributed by atoms with Crippen molar-refractivity contribution in [2.45, 2.75) is 25.8 Å². The van der Waals surface area contributed by atoms with Gasteiger partial charge in [-0.15, -0.1) is 0 Å². The number of para-hydroxylation sites is 1. The molecule has 3 nitrogen and oxygen atoms in total. The van der Waals surface area contributed by atoms with Crippen molar-refractivity contribution in [2.75, 3.05) is 13.1 Å². The van der Waals surface area contributed by atoms with Crippen molar-refractivity contribution in [1.29, 1.82) is 0 Å². The van der Waals surface area contributed by atoms with Crippen molar-refractivity contribution < 1.29 is 13.6 Å². The topological polar surface area (TPSA) is 25.2 Å². The molecule has 1 aliphatic rings. The molecule has 0 saturated carbocycles. The number of nitrogens with zero attached hydrogens (tertiary/aromatic N) is 2. The van der Waals surface area contributed by atoms with Crippen LogP contribution in [-0.4, -0.2) is 28.5 Å². The fourth-order valence-electron chi connectivity index (χ4n) is 3.89. The number of carbonyl (C=O) groups is 1. The lowest BCUT2D eigenvalue weighted by atomic mass is 9.98. The minimum absolute atomic E-state index is 0.0666. The van der Waals surface area contributed by atoms with Crippen LogP contribution in [0.3, 0.4) is 0 Å². The van der Waals surface area contributed by atoms with E-state index in [1.165, 1.54) is 22.5 Å². The van der Waals surface area contributed by atoms with E-state index in [9.17, 15) is 13.6 Å². The maximum Gasteiger partial charge on any atom is 0.256 e. The van der Waals surface area contributed by atoms with Crippen molar-refractivity contribution in [2.24, 2.45) is 0 Å². The third-order valence-corrected chi connectivity index (χ3v) is 5.24. The molecule has 0 radical (unpaired) electrons. The molecule has 1 unspecified atom stereocenters. The molecule has 1 aromatic heterocycles. The van der Waals surface area contributed by atoms with Crippen LogP contribution in [0.25, 0.3) is 10.9 Å². The number of hydrogen-bond acceptors (Lipinski definition) is 1. The van der Waals surface area contributed by atoms with Crippen molar-refractivity contribution in [3.8, 4) is 0 Å². The van der Waals surface area contributed by atoms with Crippen molar-refractivity contribution >= 4 is 16.8 Å². The van der Waals surface area contributed by atoms with Crippen molar-refractivity contribution in [3.63, 3.8) is 0 Å². The molecule has 1 amide bonds. The molecular formula is C21H20F2N2O. The smallest absolute Gasteiger partial charge is 0.256 e. The molecule has 134 valence electrons. The zero-order valence-electron chi connectivity index (χ0n) is 14.6. The van der Waals surface area contributed by atoms with Gasteiger partial charge in [0.05, 0.1) is 5.56 Å². The summed E-state index contributed by atoms with van der Waals surface area (Å²) < 4.78 is 29.2. The van der Waals surface area contributed by atoms with Crippen LogP contribution in [0.1, 0.15) is 35.2 Å². The fourth-order valence-corrected chi connectivity index (χ4v) is 3.89. The quantitative estimate of drug-likeness (QED) is 0.676. The van der Waals surface area contributed by atoms with Crippen LogP contribution in [0.2, 0.25) is 0 Å². The summed E-state index contributed by atoms with van der Waals surface area (Å²) in [6.07, 6.45) is 3.01. The standard InChI is InChI=1S/C21H20F2N2O/c1-2-24-13-18(16-5-3-4-6-20(16)24)14-9-10-25(12-14)21(26)17-8-7-15(22)11-19(17)23/h3-8,11,13-14H,2,9-10,12H2,1H3. The summed E-state index contributed by atoms with van der Waals surface area (Å²) in [6, 6.07) is 11.4. The maximum absolute atomic E-state index is 13.9. The molecule has 1 aliphatic heterocycles. The molecule has 3 aromatic rings. The highest BCUT2D eigenvalue weighted by Crippen LogP contribution is 2.34. The van der Waals surface area contributed by atoms with Gasteiger partial charge in [0.1, 0.15) is 11.6 Å². The Kier molecular flexibility index (Phi) is 4.23. The van der Waals surface area contributed by atoms with Gasteiger partial charge in [0.2, 0.25) is 0 Å². The van der Waals surface area contributed by atoms with E-state index in [-0.39, 0.29) is 17.4 Å². The summed E-state index contributed by atoms with van der Waals surface area (Å²) in [6.45, 7) is 4.12. The molecule has 0 spiro atoms. The van der Waals surface area contributed by atoms with Gasteiger partial charge in [0, 0.05) is 48.7 Å². The summed E-state index contributed by atoms with van der Waals surface area (Å²) in [4.78, 5) is 14.3. The second kappa shape index (κ2) is 6.56. The summed E-state index contributed by atoms with van der Waals surface area (Å²) >= 11 is 0. The average Bonchev–Trinajstić information content (AvgIpc) is 3.26. The van der Waals surface area contributed by atoms with E-state index in [1.807, 2.05) is 12.1 Å². The number of aromatic nitrogens is 1. The molecular weight excluding hydrogens is 334 g/mol. The minimum atomic E-state index is -0.805. The van der Waals surface area contributed by atoms with Gasteiger partial charge in [-0.25, -0.2) is 8.78 Å². The molecule has 26 heavy (non-hydrogen) atoms. The van der Waals surface area contributed by atoms with E-state index in [4.69, 9.17) is 0 Å². The molecule has 1 atom stereocenters. The first-order chi connectivity index (χ1) is 12.6. The van der Waals surface area contributed by atoms with E-state index in [0.717, 1.165) is 25.1 Å². The van der Waals surface area contributed by atoms with Crippen LogP contribution >= 0.6 is 0 Å². The van der Waals surface area contributed by atoms with Crippen LogP contribution in [0.15, 0.2) is 48.7 Å². The number of halogens is 2. The summed E-state index contributed by atoms with van der Waals surface area (Å²) in [5.41, 5.74) is 2.36. The SMILES string of the molecule is CCn1cc(C2CCN(C(=O)c3ccc(F)cc3F)C2)c2ccccc21. The Morgan fingerprint density at radius 2 is 2.00 bits per heavy atom. The van der Waals surface area contributed by atoms with E-state index in [2.05, 4.69) is 29.8 Å². The number of hydrogen-bond donors (Lipinski definition) is 0. The second-order valence-electron chi connectivity index (χ2n) is 6.75. The first kappa shape index (κ1) is 16.8. The molecule has 2 aromatic carbocycles. The van der Waals surface area contributed by atoms with Gasteiger partial charge in [-0.3, -0.25) is 4.79 Å². The lowest BCUT2D eigenvalue weighted by Gasteiger charge is -2.17. The third-order valence-electron chi connectivity index (χ3n) is 5.24. The first-order valence-electron chi connectivity index (χ1n) is 8.90. The van der Waals surface area contributed by atoms with Crippen molar-refractivity contribution in [1.82, 2.24) is 9.47 Å². The molecule has 4 rings (SSSR count). The lowest BCUT2D eigenvalue weighted by Crippen LogP contribution is -2.29. The number of amides is 1. The van der Waals surface area contributed by atoms with E-state index in [1.54, 1.807) is 4.90 Å². The molecule has 1 saturated heterocycles. The largest absolute Gasteiger partial charge is 0.347 e. The van der Waals surface area contributed by atoms with Gasteiger partial charge in [-0.05, 0) is 37.1 Å². The van der Waals surface area contributed by atoms with Crippen LogP contribution in [0.5, 0.6) is 0 Å². The zero-order valence-corrected chi connectivity index (χ0v) is 14.6. The molecule has 5 heteroatoms. The van der Waals surface area contributed by atoms with Crippen LogP contribution in [-0.2, 0) is 6.54 Å². The number of aryl methyl sites for hydroxylation is 1. The van der Waals surface area contributed by atoms with Gasteiger partial charge in [0.25, 0.3) is 5.91 Å². The highest BCUT2D eigenvalue weighted by atomic mass is 19.1. The predicted molar refractivity (Wildman–Crippen MR) is 97.2 cm³/mol. The Bertz CT molecular complexity index is 979. The fraction of sp³-hybridized carbons (Fsp3) is 0.286. The number of rotatable bonds is 3. The molecule has 2 heterocycles. The predicted octanol–water partition coefficient (Wildman–Crippen LogP) is 4.57. The Morgan fingerprint density at radius 3 is 2.77 bits per heavy atom. The summed E-state index contributed by atoms with van der Waals surface area (Å²) in [7, 11) is 0. The maximum atomic E-state index is 13.9. The van der Waals surface area contributed by atoms with Crippen LogP contribution in [0.4, 0.5) is 8.78 Å². The van der Waals surface area contributed by atoms with Gasteiger partial charge < -0.3 is 9.47 Å². The Hall–Kier alpha value is -2.69. The minimum Gasteiger partial charge on any atom is -0.347 e. The molecule has 1 fully saturated rings. The van der Waals surface area contributed by atoms with Gasteiger partial charge in [0.15, 0.2) is 0 Å². The van der Waals surface area contributed by atoms with Gasteiger partial charge >= 0.3 is 0 Å². The lowest BCUT2D eigenvalue weighted by molar-refractivity contribution is 0.0786.